The summed E-state index contributed by atoms with van der Waals surface area (Å²) in [6, 6.07) is 7.81. The van der Waals surface area contributed by atoms with Crippen molar-refractivity contribution in [2.24, 2.45) is 0 Å². The molecule has 1 aliphatic heterocycles. The van der Waals surface area contributed by atoms with E-state index in [0.29, 0.717) is 5.89 Å². The van der Waals surface area contributed by atoms with Gasteiger partial charge in [0.2, 0.25) is 5.89 Å². The van der Waals surface area contributed by atoms with Crippen molar-refractivity contribution in [2.75, 3.05) is 18.0 Å². The number of aliphatic carboxylic acids is 1. The second-order valence-corrected chi connectivity index (χ2v) is 6.26. The molecule has 1 aromatic carbocycles. The van der Waals surface area contributed by atoms with E-state index in [1.54, 1.807) is 13.0 Å². The summed E-state index contributed by atoms with van der Waals surface area (Å²) in [7, 11) is 0. The molecule has 0 bridgehead atoms. The summed E-state index contributed by atoms with van der Waals surface area (Å²) >= 11 is 0.890. The summed E-state index contributed by atoms with van der Waals surface area (Å²) in [5, 5.41) is 18.9. The lowest BCUT2D eigenvalue weighted by atomic mass is 10.2. The molecule has 6 nitrogen and oxygen atoms in total. The Morgan fingerprint density at radius 3 is 2.52 bits per heavy atom. The summed E-state index contributed by atoms with van der Waals surface area (Å²) in [6.45, 7) is 3.80. The number of carbonyl (C=O) groups is 1. The summed E-state index contributed by atoms with van der Waals surface area (Å²) in [6.07, 6.45) is 3.99. The van der Waals surface area contributed by atoms with E-state index in [2.05, 4.69) is 15.1 Å². The highest BCUT2D eigenvalue weighted by atomic mass is 32.2. The van der Waals surface area contributed by atoms with E-state index in [0.717, 1.165) is 36.1 Å². The molecule has 2 aromatic rings. The van der Waals surface area contributed by atoms with Crippen molar-refractivity contribution in [1.82, 2.24) is 10.2 Å². The van der Waals surface area contributed by atoms with Gasteiger partial charge in [0.1, 0.15) is 0 Å². The van der Waals surface area contributed by atoms with Gasteiger partial charge in [0.25, 0.3) is 5.22 Å². The SMILES string of the molecule is Cc1nnc(S/C(=C/c2ccc(N3CCCC3)cc2)C(=O)[O-])o1. The Kier molecular flexibility index (Phi) is 4.66. The third kappa shape index (κ3) is 3.92. The zero-order chi connectivity index (χ0) is 16.2. The van der Waals surface area contributed by atoms with Crippen LogP contribution < -0.4 is 10.0 Å². The van der Waals surface area contributed by atoms with Crippen LogP contribution in [0.15, 0.2) is 38.8 Å². The maximum atomic E-state index is 11.3. The van der Waals surface area contributed by atoms with Crippen molar-refractivity contribution < 1.29 is 14.3 Å². The van der Waals surface area contributed by atoms with Gasteiger partial charge in [-0.2, -0.15) is 0 Å². The van der Waals surface area contributed by atoms with Crippen LogP contribution in [0.25, 0.3) is 6.08 Å². The largest absolute Gasteiger partial charge is 0.544 e. The fraction of sp³-hybridized carbons (Fsp3) is 0.312. The molecule has 1 aliphatic rings. The number of thioether (sulfide) groups is 1. The van der Waals surface area contributed by atoms with Gasteiger partial charge >= 0.3 is 0 Å². The van der Waals surface area contributed by atoms with Gasteiger partial charge in [0, 0.05) is 30.6 Å². The Bertz CT molecular complexity index is 718. The minimum atomic E-state index is -1.27. The lowest BCUT2D eigenvalue weighted by Gasteiger charge is -2.17. The monoisotopic (exact) mass is 330 g/mol. The number of benzene rings is 1. The molecule has 23 heavy (non-hydrogen) atoms. The van der Waals surface area contributed by atoms with Crippen LogP contribution in [0.5, 0.6) is 0 Å². The number of anilines is 1. The van der Waals surface area contributed by atoms with E-state index >= 15 is 0 Å². The van der Waals surface area contributed by atoms with Crippen LogP contribution in [0.2, 0.25) is 0 Å². The van der Waals surface area contributed by atoms with Crippen LogP contribution in [0.1, 0.15) is 24.3 Å². The lowest BCUT2D eigenvalue weighted by Crippen LogP contribution is -2.23. The molecule has 1 aromatic heterocycles. The maximum absolute atomic E-state index is 11.3. The van der Waals surface area contributed by atoms with E-state index in [1.165, 1.54) is 12.8 Å². The molecule has 0 amide bonds. The minimum absolute atomic E-state index is 0.0302. The number of aryl methyl sites for hydroxylation is 1. The molecule has 120 valence electrons. The first-order valence-electron chi connectivity index (χ1n) is 7.38. The van der Waals surface area contributed by atoms with Gasteiger partial charge in [-0.3, -0.25) is 0 Å². The van der Waals surface area contributed by atoms with Crippen LogP contribution in [0.4, 0.5) is 5.69 Å². The Balaban J connectivity index is 1.77. The third-order valence-electron chi connectivity index (χ3n) is 3.57. The van der Waals surface area contributed by atoms with Gasteiger partial charge in [0.15, 0.2) is 0 Å². The smallest absolute Gasteiger partial charge is 0.281 e. The Morgan fingerprint density at radius 2 is 1.96 bits per heavy atom. The molecule has 0 atom stereocenters. The zero-order valence-corrected chi connectivity index (χ0v) is 13.5. The number of rotatable bonds is 5. The molecule has 2 heterocycles. The Hall–Kier alpha value is -2.28. The second-order valence-electron chi connectivity index (χ2n) is 5.27. The van der Waals surface area contributed by atoms with Crippen molar-refractivity contribution in [3.05, 3.63) is 40.6 Å². The maximum Gasteiger partial charge on any atom is 0.281 e. The average molecular weight is 330 g/mol. The quantitative estimate of drug-likeness (QED) is 0.611. The number of aromatic nitrogens is 2. The van der Waals surface area contributed by atoms with E-state index in [4.69, 9.17) is 4.42 Å². The number of nitrogens with zero attached hydrogens (tertiary/aromatic N) is 3. The van der Waals surface area contributed by atoms with Crippen LogP contribution in [0, 0.1) is 6.92 Å². The van der Waals surface area contributed by atoms with Gasteiger partial charge < -0.3 is 19.2 Å². The highest BCUT2D eigenvalue weighted by Crippen LogP contribution is 2.27. The first kappa shape index (κ1) is 15.6. The zero-order valence-electron chi connectivity index (χ0n) is 12.7. The molecule has 1 saturated heterocycles. The standard InChI is InChI=1S/C16H17N3O3S/c1-11-17-18-16(22-11)23-14(15(20)21)10-12-4-6-13(7-5-12)19-8-2-3-9-19/h4-7,10H,2-3,8-9H2,1H3,(H,20,21)/p-1/b14-10+. The number of hydrogen-bond donors (Lipinski definition) is 0. The molecule has 0 spiro atoms. The van der Waals surface area contributed by atoms with Crippen LogP contribution in [-0.4, -0.2) is 29.3 Å². The molecule has 0 aliphatic carbocycles. The van der Waals surface area contributed by atoms with Gasteiger partial charge in [-0.1, -0.05) is 12.1 Å². The number of carbonyl (C=O) groups excluding carboxylic acids is 1. The topological polar surface area (TPSA) is 82.3 Å². The van der Waals surface area contributed by atoms with E-state index in [1.807, 2.05) is 24.3 Å². The first-order chi connectivity index (χ1) is 11.1. The van der Waals surface area contributed by atoms with Crippen molar-refractivity contribution >= 4 is 29.5 Å². The predicted molar refractivity (Wildman–Crippen MR) is 85.8 cm³/mol. The Labute approximate surface area is 138 Å². The van der Waals surface area contributed by atoms with E-state index < -0.39 is 5.97 Å². The normalized spacial score (nSPS) is 15.2. The van der Waals surface area contributed by atoms with Crippen LogP contribution in [-0.2, 0) is 4.79 Å². The minimum Gasteiger partial charge on any atom is -0.544 e. The molecule has 0 radical (unpaired) electrons. The van der Waals surface area contributed by atoms with Crippen LogP contribution in [0.3, 0.4) is 0 Å². The Morgan fingerprint density at radius 1 is 1.26 bits per heavy atom. The highest BCUT2D eigenvalue weighted by molar-refractivity contribution is 8.03. The summed E-state index contributed by atoms with van der Waals surface area (Å²) in [5.74, 6) is -0.880. The highest BCUT2D eigenvalue weighted by Gasteiger charge is 2.12. The molecule has 0 saturated carbocycles. The predicted octanol–water partition coefficient (Wildman–Crippen LogP) is 1.86. The molecule has 0 N–H and O–H groups in total. The summed E-state index contributed by atoms with van der Waals surface area (Å²) in [5.41, 5.74) is 1.95. The first-order valence-corrected chi connectivity index (χ1v) is 8.19. The molecule has 0 unspecified atom stereocenters. The van der Waals surface area contributed by atoms with Crippen molar-refractivity contribution in [3.8, 4) is 0 Å². The van der Waals surface area contributed by atoms with Crippen molar-refractivity contribution in [3.63, 3.8) is 0 Å². The number of carboxylic acid groups (broad SMARTS) is 1. The van der Waals surface area contributed by atoms with Crippen molar-refractivity contribution in [1.29, 1.82) is 0 Å². The molecule has 7 heteroatoms. The second kappa shape index (κ2) is 6.87. The van der Waals surface area contributed by atoms with E-state index in [9.17, 15) is 9.90 Å². The lowest BCUT2D eigenvalue weighted by molar-refractivity contribution is -0.298. The molecular formula is C16H16N3O3S-. The number of hydrogen-bond acceptors (Lipinski definition) is 7. The van der Waals surface area contributed by atoms with Gasteiger partial charge in [0.05, 0.1) is 5.97 Å². The van der Waals surface area contributed by atoms with Gasteiger partial charge in [-0.05, 0) is 48.4 Å². The van der Waals surface area contributed by atoms with Gasteiger partial charge in [-0.25, -0.2) is 0 Å². The summed E-state index contributed by atoms with van der Waals surface area (Å²) < 4.78 is 5.19. The fourth-order valence-electron chi connectivity index (χ4n) is 2.45. The number of carboxylic acids is 1. The molecule has 3 rings (SSSR count). The van der Waals surface area contributed by atoms with Gasteiger partial charge in [-0.15, -0.1) is 10.2 Å². The average Bonchev–Trinajstić information content (AvgIpc) is 3.19. The fourth-order valence-corrected chi connectivity index (χ4v) is 3.16. The third-order valence-corrected chi connectivity index (χ3v) is 4.41. The van der Waals surface area contributed by atoms with E-state index in [-0.39, 0.29) is 10.1 Å². The van der Waals surface area contributed by atoms with Crippen LogP contribution >= 0.6 is 11.8 Å². The molecule has 1 fully saturated rings. The summed E-state index contributed by atoms with van der Waals surface area (Å²) in [4.78, 5) is 13.6. The van der Waals surface area contributed by atoms with Crippen molar-refractivity contribution in [2.45, 2.75) is 25.0 Å². The molecular weight excluding hydrogens is 314 g/mol.